The van der Waals surface area contributed by atoms with Gasteiger partial charge in [0.25, 0.3) is 5.91 Å². The smallest absolute Gasteiger partial charge is 0.310 e. The van der Waals surface area contributed by atoms with Crippen LogP contribution in [0.2, 0.25) is 0 Å². The van der Waals surface area contributed by atoms with E-state index in [0.29, 0.717) is 13.1 Å². The molecular formula is C21H28N6O2. The molecule has 3 aliphatic rings. The number of fused-ring (bicyclic) bond motifs is 3. The first-order chi connectivity index (χ1) is 13.8. The van der Waals surface area contributed by atoms with Gasteiger partial charge >= 0.3 is 6.03 Å². The minimum absolute atomic E-state index is 0.168. The lowest BCUT2D eigenvalue weighted by atomic mass is 10.1. The normalized spacial score (nSPS) is 27.1. The van der Waals surface area contributed by atoms with E-state index in [1.807, 2.05) is 50.0 Å². The fraction of sp³-hybridized carbons (Fsp3) is 0.476. The molecule has 2 saturated heterocycles. The Kier molecular flexibility index (Phi) is 4.92. The lowest BCUT2D eigenvalue weighted by Gasteiger charge is -2.42. The van der Waals surface area contributed by atoms with Crippen molar-refractivity contribution < 1.29 is 9.59 Å². The number of nitrogens with zero attached hydrogens (tertiary/aromatic N) is 5. The van der Waals surface area contributed by atoms with Crippen molar-refractivity contribution in [2.45, 2.75) is 45.8 Å². The van der Waals surface area contributed by atoms with Crippen molar-refractivity contribution in [3.8, 4) is 0 Å². The van der Waals surface area contributed by atoms with E-state index in [9.17, 15) is 9.59 Å². The molecule has 3 unspecified atom stereocenters. The third kappa shape index (κ3) is 3.42. The van der Waals surface area contributed by atoms with Crippen LogP contribution in [-0.2, 0) is 11.3 Å². The average molecular weight is 396 g/mol. The highest BCUT2D eigenvalue weighted by atomic mass is 16.2. The molecule has 8 heteroatoms. The Morgan fingerprint density at radius 2 is 1.93 bits per heavy atom. The van der Waals surface area contributed by atoms with Crippen molar-refractivity contribution in [1.82, 2.24) is 25.0 Å². The summed E-state index contributed by atoms with van der Waals surface area (Å²) < 4.78 is 0. The second-order valence-electron chi connectivity index (χ2n) is 8.30. The van der Waals surface area contributed by atoms with Gasteiger partial charge in [0.1, 0.15) is 12.2 Å². The molecule has 3 aliphatic heterocycles. The average Bonchev–Trinajstić information content (AvgIpc) is 3.04. The van der Waals surface area contributed by atoms with Gasteiger partial charge in [-0.25, -0.2) is 9.69 Å². The summed E-state index contributed by atoms with van der Waals surface area (Å²) in [6.45, 7) is 11.4. The first-order valence-corrected chi connectivity index (χ1v) is 9.87. The van der Waals surface area contributed by atoms with Crippen LogP contribution in [0.4, 0.5) is 4.79 Å². The Balaban J connectivity index is 1.62. The molecule has 0 aromatic heterocycles. The molecule has 4 rings (SSSR count). The number of hydrazone groups is 1. The molecule has 2 fully saturated rings. The largest absolute Gasteiger partial charge is 0.328 e. The van der Waals surface area contributed by atoms with Crippen molar-refractivity contribution in [1.29, 1.82) is 0 Å². The highest BCUT2D eigenvalue weighted by molar-refractivity contribution is 6.01. The molecule has 0 saturated carbocycles. The molecule has 1 aromatic carbocycles. The number of likely N-dealkylation sites (N-methyl/N-ethyl adjacent to an activating group) is 1. The van der Waals surface area contributed by atoms with Gasteiger partial charge in [0.05, 0.1) is 13.1 Å². The Labute approximate surface area is 171 Å². The van der Waals surface area contributed by atoms with Gasteiger partial charge in [-0.2, -0.15) is 5.10 Å². The van der Waals surface area contributed by atoms with E-state index in [4.69, 9.17) is 0 Å². The first kappa shape index (κ1) is 19.6. The number of carbonyl (C=O) groups is 2. The molecule has 0 bridgehead atoms. The van der Waals surface area contributed by atoms with Crippen LogP contribution in [0.15, 0.2) is 41.5 Å². The van der Waals surface area contributed by atoms with Gasteiger partial charge in [0.15, 0.2) is 6.29 Å². The van der Waals surface area contributed by atoms with E-state index in [1.54, 1.807) is 11.9 Å². The summed E-state index contributed by atoms with van der Waals surface area (Å²) in [6, 6.07) is 7.18. The maximum Gasteiger partial charge on any atom is 0.328 e. The molecule has 3 amide bonds. The van der Waals surface area contributed by atoms with E-state index in [1.165, 1.54) is 4.90 Å². The van der Waals surface area contributed by atoms with Gasteiger partial charge in [-0.1, -0.05) is 42.0 Å². The number of benzene rings is 1. The summed E-state index contributed by atoms with van der Waals surface area (Å²) in [4.78, 5) is 31.5. The Bertz CT molecular complexity index is 880. The zero-order valence-corrected chi connectivity index (χ0v) is 17.4. The maximum atomic E-state index is 13.4. The molecule has 29 heavy (non-hydrogen) atoms. The van der Waals surface area contributed by atoms with Gasteiger partial charge in [-0.3, -0.25) is 20.0 Å². The predicted molar refractivity (Wildman–Crippen MR) is 111 cm³/mol. The number of rotatable bonds is 4. The standard InChI is InChI=1S/C21H28N6O2/c1-13(2)10-27-20-22-18-17(25(20)11-15(4)23-27)19(28)26(21(29)24(18)5)12-16-8-6-14(3)7-9-16/h6-9,17-18,20,22H,1,10-12H2,2-5H3. The van der Waals surface area contributed by atoms with Crippen LogP contribution in [0.3, 0.4) is 0 Å². The lowest BCUT2D eigenvalue weighted by Crippen LogP contribution is -2.66. The Morgan fingerprint density at radius 1 is 1.24 bits per heavy atom. The third-order valence-corrected chi connectivity index (χ3v) is 5.65. The zero-order chi connectivity index (χ0) is 20.9. The molecule has 3 atom stereocenters. The van der Waals surface area contributed by atoms with E-state index in [-0.39, 0.29) is 30.9 Å². The fourth-order valence-electron chi connectivity index (χ4n) is 4.27. The second kappa shape index (κ2) is 7.27. The van der Waals surface area contributed by atoms with Crippen LogP contribution < -0.4 is 5.32 Å². The van der Waals surface area contributed by atoms with Crippen molar-refractivity contribution in [2.75, 3.05) is 20.1 Å². The van der Waals surface area contributed by atoms with Crippen LogP contribution in [0.5, 0.6) is 0 Å². The fourth-order valence-corrected chi connectivity index (χ4v) is 4.27. The van der Waals surface area contributed by atoms with E-state index >= 15 is 0 Å². The Hall–Kier alpha value is -2.71. The van der Waals surface area contributed by atoms with E-state index in [2.05, 4.69) is 21.9 Å². The Morgan fingerprint density at radius 3 is 2.59 bits per heavy atom. The number of imide groups is 1. The monoisotopic (exact) mass is 396 g/mol. The molecule has 154 valence electrons. The number of aryl methyl sites for hydroxylation is 1. The van der Waals surface area contributed by atoms with Crippen LogP contribution >= 0.6 is 0 Å². The van der Waals surface area contributed by atoms with Gasteiger partial charge < -0.3 is 4.90 Å². The topological polar surface area (TPSA) is 71.5 Å². The van der Waals surface area contributed by atoms with Crippen LogP contribution in [0.25, 0.3) is 0 Å². The summed E-state index contributed by atoms with van der Waals surface area (Å²) >= 11 is 0. The van der Waals surface area contributed by atoms with Crippen molar-refractivity contribution >= 4 is 17.6 Å². The first-order valence-electron chi connectivity index (χ1n) is 9.87. The molecule has 1 aromatic rings. The second-order valence-corrected chi connectivity index (χ2v) is 8.30. The lowest BCUT2D eigenvalue weighted by molar-refractivity contribution is -0.139. The minimum Gasteiger partial charge on any atom is -0.310 e. The van der Waals surface area contributed by atoms with Crippen LogP contribution in [-0.4, -0.2) is 76.0 Å². The summed E-state index contributed by atoms with van der Waals surface area (Å²) in [7, 11) is 1.75. The molecule has 0 spiro atoms. The van der Waals surface area contributed by atoms with Gasteiger partial charge in [-0.15, -0.1) is 0 Å². The number of carbonyl (C=O) groups excluding carboxylic acids is 2. The number of hydrogen-bond donors (Lipinski definition) is 1. The molecule has 3 heterocycles. The number of nitrogens with one attached hydrogen (secondary N) is 1. The highest BCUT2D eigenvalue weighted by Gasteiger charge is 2.56. The van der Waals surface area contributed by atoms with Crippen molar-refractivity contribution in [3.05, 3.63) is 47.5 Å². The molecule has 1 N–H and O–H groups in total. The number of hydrogen-bond acceptors (Lipinski definition) is 6. The van der Waals surface area contributed by atoms with Crippen molar-refractivity contribution in [3.63, 3.8) is 0 Å². The zero-order valence-electron chi connectivity index (χ0n) is 17.4. The SMILES string of the molecule is C=C(C)CN1N=C(C)CN2C3C(=O)N(Cc4ccc(C)cc4)C(=O)N(C)C3NC12. The highest BCUT2D eigenvalue weighted by Crippen LogP contribution is 2.31. The summed E-state index contributed by atoms with van der Waals surface area (Å²) in [5.74, 6) is -0.168. The van der Waals surface area contributed by atoms with Crippen LogP contribution in [0, 0.1) is 6.92 Å². The van der Waals surface area contributed by atoms with Gasteiger partial charge in [-0.05, 0) is 26.3 Å². The quantitative estimate of drug-likeness (QED) is 0.782. The van der Waals surface area contributed by atoms with E-state index < -0.39 is 6.04 Å². The van der Waals surface area contributed by atoms with Crippen molar-refractivity contribution in [2.24, 2.45) is 5.10 Å². The predicted octanol–water partition coefficient (Wildman–Crippen LogP) is 1.54. The molecule has 0 aliphatic carbocycles. The summed E-state index contributed by atoms with van der Waals surface area (Å²) in [6.07, 6.45) is -0.632. The molecule has 8 nitrogen and oxygen atoms in total. The molecule has 0 radical (unpaired) electrons. The van der Waals surface area contributed by atoms with Gasteiger partial charge in [0, 0.05) is 19.3 Å². The van der Waals surface area contributed by atoms with E-state index in [0.717, 1.165) is 22.4 Å². The van der Waals surface area contributed by atoms with Crippen LogP contribution in [0.1, 0.15) is 25.0 Å². The minimum atomic E-state index is -0.453. The maximum absolute atomic E-state index is 13.4. The number of amides is 3. The summed E-state index contributed by atoms with van der Waals surface area (Å²) in [5.41, 5.74) is 4.00. The summed E-state index contributed by atoms with van der Waals surface area (Å²) in [5, 5.41) is 9.99. The van der Waals surface area contributed by atoms with Gasteiger partial charge in [0.2, 0.25) is 0 Å². The third-order valence-electron chi connectivity index (χ3n) is 5.65. The number of urea groups is 1. The molecular weight excluding hydrogens is 368 g/mol.